The number of likely N-dealkylation sites (tertiary alicyclic amines) is 1. The molecule has 2 aliphatic heterocycles. The topological polar surface area (TPSA) is 107 Å². The van der Waals surface area contributed by atoms with Gasteiger partial charge in [0.05, 0.1) is 11.0 Å². The molecule has 1 aromatic carbocycles. The van der Waals surface area contributed by atoms with Crippen LogP contribution in [0.2, 0.25) is 0 Å². The van der Waals surface area contributed by atoms with Gasteiger partial charge in [0.25, 0.3) is 0 Å². The van der Waals surface area contributed by atoms with E-state index in [9.17, 15) is 28.4 Å². The van der Waals surface area contributed by atoms with Gasteiger partial charge in [-0.1, -0.05) is 0 Å². The molecule has 5 amide bonds. The largest absolute Gasteiger partial charge is 0.338 e. The summed E-state index contributed by atoms with van der Waals surface area (Å²) in [5.74, 6) is -1.69. The van der Waals surface area contributed by atoms with Crippen LogP contribution in [0.1, 0.15) is 19.8 Å². The molecule has 32 heavy (non-hydrogen) atoms. The average Bonchev–Trinajstić information content (AvgIpc) is 3.10. The van der Waals surface area contributed by atoms with Crippen molar-refractivity contribution < 1.29 is 28.4 Å². The first kappa shape index (κ1) is 23.7. The van der Waals surface area contributed by atoms with Crippen LogP contribution in [-0.2, 0) is 24.0 Å². The lowest BCUT2D eigenvalue weighted by Crippen LogP contribution is -2.54. The normalized spacial score (nSPS) is 17.5. The number of carbonyl (C=O) groups excluding carboxylic acids is 5. The minimum Gasteiger partial charge on any atom is -0.338 e. The molecule has 2 heterocycles. The second-order valence-corrected chi connectivity index (χ2v) is 8.92. The summed E-state index contributed by atoms with van der Waals surface area (Å²) in [6.07, 6.45) is 0.289. The van der Waals surface area contributed by atoms with Crippen molar-refractivity contribution in [3.63, 3.8) is 0 Å². The Bertz CT molecular complexity index is 886. The maximum atomic E-state index is 12.9. The lowest BCUT2D eigenvalue weighted by Gasteiger charge is -2.36. The Hall–Kier alpha value is -2.95. The molecule has 11 heteroatoms. The van der Waals surface area contributed by atoms with E-state index in [1.165, 1.54) is 36.0 Å². The van der Waals surface area contributed by atoms with E-state index >= 15 is 0 Å². The van der Waals surface area contributed by atoms with Gasteiger partial charge in [0, 0.05) is 44.7 Å². The summed E-state index contributed by atoms with van der Waals surface area (Å²) in [5.41, 5.74) is 0.481. The second-order valence-electron chi connectivity index (χ2n) is 7.59. The Morgan fingerprint density at radius 1 is 1.00 bits per heavy atom. The van der Waals surface area contributed by atoms with Crippen LogP contribution in [0, 0.1) is 5.82 Å². The van der Waals surface area contributed by atoms with Gasteiger partial charge in [0.2, 0.25) is 29.5 Å². The molecule has 1 unspecified atom stereocenters. The van der Waals surface area contributed by atoms with Crippen molar-refractivity contribution in [3.8, 4) is 0 Å². The van der Waals surface area contributed by atoms with E-state index in [0.29, 0.717) is 31.9 Å². The van der Waals surface area contributed by atoms with Crippen LogP contribution in [-0.4, -0.2) is 88.0 Å². The number of benzene rings is 1. The third-order valence-corrected chi connectivity index (χ3v) is 6.46. The summed E-state index contributed by atoms with van der Waals surface area (Å²) in [6, 6.07) is 5.42. The molecule has 3 rings (SSSR count). The van der Waals surface area contributed by atoms with Crippen molar-refractivity contribution in [2.75, 3.05) is 43.8 Å². The minimum absolute atomic E-state index is 0.0701. The fourth-order valence-corrected chi connectivity index (χ4v) is 4.24. The Labute approximate surface area is 189 Å². The first-order chi connectivity index (χ1) is 15.2. The molecule has 0 bridgehead atoms. The van der Waals surface area contributed by atoms with Gasteiger partial charge in [0.15, 0.2) is 0 Å². The predicted octanol–water partition coefficient (Wildman–Crippen LogP) is 0.706. The first-order valence-corrected chi connectivity index (χ1v) is 11.4. The lowest BCUT2D eigenvalue weighted by atomic mass is 10.2. The monoisotopic (exact) mass is 464 g/mol. The third-order valence-electron chi connectivity index (χ3n) is 5.33. The lowest BCUT2D eigenvalue weighted by molar-refractivity contribution is -0.147. The van der Waals surface area contributed by atoms with Crippen molar-refractivity contribution >= 4 is 47.0 Å². The van der Waals surface area contributed by atoms with Crippen molar-refractivity contribution in [1.29, 1.82) is 0 Å². The molecule has 0 spiro atoms. The van der Waals surface area contributed by atoms with Gasteiger partial charge in [0.1, 0.15) is 12.4 Å². The Balaban J connectivity index is 1.39. The Morgan fingerprint density at radius 3 is 2.16 bits per heavy atom. The number of hydrogen-bond donors (Lipinski definition) is 1. The predicted molar refractivity (Wildman–Crippen MR) is 116 cm³/mol. The quantitative estimate of drug-likeness (QED) is 0.596. The van der Waals surface area contributed by atoms with Crippen LogP contribution in [0.15, 0.2) is 24.3 Å². The second kappa shape index (κ2) is 10.6. The average molecular weight is 465 g/mol. The highest BCUT2D eigenvalue weighted by Gasteiger charge is 2.33. The van der Waals surface area contributed by atoms with E-state index in [2.05, 4.69) is 5.32 Å². The smallest absolute Gasteiger partial charge is 0.242 e. The van der Waals surface area contributed by atoms with Gasteiger partial charge < -0.3 is 15.1 Å². The number of nitrogens with zero attached hydrogens (tertiary/aromatic N) is 3. The molecule has 0 radical (unpaired) electrons. The van der Waals surface area contributed by atoms with Crippen LogP contribution in [0.5, 0.6) is 0 Å². The summed E-state index contributed by atoms with van der Waals surface area (Å²) < 4.78 is 12.9. The number of anilines is 1. The molecule has 0 aromatic heterocycles. The number of rotatable bonds is 7. The molecular weight excluding hydrogens is 439 g/mol. The van der Waals surface area contributed by atoms with Crippen molar-refractivity contribution in [2.45, 2.75) is 25.0 Å². The summed E-state index contributed by atoms with van der Waals surface area (Å²) in [7, 11) is 0. The van der Waals surface area contributed by atoms with Crippen molar-refractivity contribution in [1.82, 2.24) is 14.7 Å². The van der Waals surface area contributed by atoms with E-state index in [1.54, 1.807) is 16.7 Å². The minimum atomic E-state index is -0.448. The highest BCUT2D eigenvalue weighted by molar-refractivity contribution is 8.01. The maximum absolute atomic E-state index is 12.9. The third kappa shape index (κ3) is 6.06. The molecule has 2 saturated heterocycles. The van der Waals surface area contributed by atoms with Crippen molar-refractivity contribution in [2.24, 2.45) is 0 Å². The highest BCUT2D eigenvalue weighted by Crippen LogP contribution is 2.17. The van der Waals surface area contributed by atoms with Crippen LogP contribution in [0.4, 0.5) is 10.1 Å². The van der Waals surface area contributed by atoms with E-state index < -0.39 is 11.1 Å². The zero-order valence-corrected chi connectivity index (χ0v) is 18.5. The van der Waals surface area contributed by atoms with Crippen LogP contribution >= 0.6 is 11.8 Å². The number of imide groups is 1. The van der Waals surface area contributed by atoms with Crippen molar-refractivity contribution in [3.05, 3.63) is 30.1 Å². The molecule has 2 aliphatic rings. The molecule has 0 aliphatic carbocycles. The van der Waals surface area contributed by atoms with E-state index in [4.69, 9.17) is 0 Å². The fourth-order valence-electron chi connectivity index (χ4n) is 3.47. The Morgan fingerprint density at radius 2 is 1.56 bits per heavy atom. The van der Waals surface area contributed by atoms with Gasteiger partial charge in [-0.3, -0.25) is 28.9 Å². The summed E-state index contributed by atoms with van der Waals surface area (Å²) in [4.78, 5) is 64.7. The highest BCUT2D eigenvalue weighted by atomic mass is 32.2. The number of amides is 5. The molecule has 2 fully saturated rings. The van der Waals surface area contributed by atoms with E-state index in [0.717, 1.165) is 4.90 Å². The van der Waals surface area contributed by atoms with Gasteiger partial charge in [-0.05, 0) is 31.2 Å². The number of nitrogens with one attached hydrogen (secondary N) is 1. The molecule has 1 aromatic rings. The van der Waals surface area contributed by atoms with E-state index in [-0.39, 0.29) is 54.7 Å². The molecule has 9 nitrogen and oxygen atoms in total. The van der Waals surface area contributed by atoms with Gasteiger partial charge in [-0.2, -0.15) is 0 Å². The number of thioether (sulfide) groups is 1. The number of halogens is 1. The molecule has 172 valence electrons. The van der Waals surface area contributed by atoms with Gasteiger partial charge >= 0.3 is 0 Å². The standard InChI is InChI=1S/C21H25FN4O5S/c1-14(32-13-17(27)23-16-4-2-15(22)3-5-16)21(31)25-10-8-24(9-11-25)20(30)12-26-18(28)6-7-19(26)29/h2-5,14H,6-13H2,1H3,(H,23,27). The summed E-state index contributed by atoms with van der Waals surface area (Å²) in [5, 5.41) is 2.20. The number of piperazine rings is 1. The summed E-state index contributed by atoms with van der Waals surface area (Å²) in [6.45, 7) is 2.81. The van der Waals surface area contributed by atoms with Crippen LogP contribution < -0.4 is 5.32 Å². The number of carbonyl (C=O) groups is 5. The van der Waals surface area contributed by atoms with Crippen LogP contribution in [0.3, 0.4) is 0 Å². The maximum Gasteiger partial charge on any atom is 0.242 e. The zero-order chi connectivity index (χ0) is 23.3. The molecule has 1 N–H and O–H groups in total. The number of hydrogen-bond acceptors (Lipinski definition) is 6. The fraction of sp³-hybridized carbons (Fsp3) is 0.476. The Kier molecular flexibility index (Phi) is 7.84. The first-order valence-electron chi connectivity index (χ1n) is 10.3. The zero-order valence-electron chi connectivity index (χ0n) is 17.7. The molecule has 1 atom stereocenters. The summed E-state index contributed by atoms with van der Waals surface area (Å²) >= 11 is 1.20. The van der Waals surface area contributed by atoms with Crippen LogP contribution in [0.25, 0.3) is 0 Å². The molecule has 0 saturated carbocycles. The molecular formula is C21H25FN4O5S. The van der Waals surface area contributed by atoms with Gasteiger partial charge in [-0.25, -0.2) is 4.39 Å². The van der Waals surface area contributed by atoms with Gasteiger partial charge in [-0.15, -0.1) is 11.8 Å². The SMILES string of the molecule is CC(SCC(=O)Nc1ccc(F)cc1)C(=O)N1CCN(C(=O)CN2C(=O)CCC2=O)CC1. The van der Waals surface area contributed by atoms with E-state index in [1.807, 2.05) is 0 Å².